The summed E-state index contributed by atoms with van der Waals surface area (Å²) in [5.74, 6) is -0.172. The van der Waals surface area contributed by atoms with Crippen molar-refractivity contribution in [1.29, 1.82) is 0 Å². The number of hydrogen-bond donors (Lipinski definition) is 2. The predicted octanol–water partition coefficient (Wildman–Crippen LogP) is 2.90. The zero-order valence-electron chi connectivity index (χ0n) is 13.9. The Labute approximate surface area is 131 Å². The van der Waals surface area contributed by atoms with Crippen molar-refractivity contribution in [2.45, 2.75) is 52.7 Å². The summed E-state index contributed by atoms with van der Waals surface area (Å²) in [7, 11) is 0. The number of halogens is 1. The summed E-state index contributed by atoms with van der Waals surface area (Å²) in [5.41, 5.74) is -1.28. The molecule has 4 nitrogen and oxygen atoms in total. The van der Waals surface area contributed by atoms with E-state index in [1.165, 1.54) is 24.3 Å². The van der Waals surface area contributed by atoms with Gasteiger partial charge in [0, 0.05) is 6.54 Å². The molecule has 1 aromatic carbocycles. The van der Waals surface area contributed by atoms with Crippen LogP contribution in [-0.2, 0) is 4.79 Å². The van der Waals surface area contributed by atoms with Gasteiger partial charge in [0.15, 0.2) is 5.60 Å². The van der Waals surface area contributed by atoms with Crippen molar-refractivity contribution in [2.24, 2.45) is 5.41 Å². The zero-order chi connectivity index (χ0) is 17.0. The molecule has 0 spiro atoms. The summed E-state index contributed by atoms with van der Waals surface area (Å²) in [4.78, 5) is 12.3. The second-order valence-electron chi connectivity index (χ2n) is 6.97. The zero-order valence-corrected chi connectivity index (χ0v) is 13.9. The molecule has 124 valence electrons. The Morgan fingerprint density at radius 1 is 1.27 bits per heavy atom. The molecule has 5 heteroatoms. The van der Waals surface area contributed by atoms with Gasteiger partial charge in [0.25, 0.3) is 5.91 Å². The van der Waals surface area contributed by atoms with E-state index in [0.717, 1.165) is 0 Å². The third kappa shape index (κ3) is 6.02. The van der Waals surface area contributed by atoms with Crippen LogP contribution in [0.15, 0.2) is 24.3 Å². The lowest BCUT2D eigenvalue weighted by Gasteiger charge is -2.30. The van der Waals surface area contributed by atoms with Crippen LogP contribution in [0.1, 0.15) is 41.0 Å². The van der Waals surface area contributed by atoms with Gasteiger partial charge in [-0.1, -0.05) is 13.8 Å². The molecule has 0 aliphatic carbocycles. The highest BCUT2D eigenvalue weighted by Crippen LogP contribution is 2.23. The minimum Gasteiger partial charge on any atom is -0.478 e. The van der Waals surface area contributed by atoms with Gasteiger partial charge in [0.2, 0.25) is 0 Å². The Kier molecular flexibility index (Phi) is 5.94. The highest BCUT2D eigenvalue weighted by molar-refractivity contribution is 5.84. The Bertz CT molecular complexity index is 495. The minimum absolute atomic E-state index is 0.213. The first kappa shape index (κ1) is 18.4. The Morgan fingerprint density at radius 2 is 1.82 bits per heavy atom. The lowest BCUT2D eigenvalue weighted by molar-refractivity contribution is -0.134. The van der Waals surface area contributed by atoms with Crippen LogP contribution >= 0.6 is 0 Å². The summed E-state index contributed by atoms with van der Waals surface area (Å²) in [6, 6.07) is 5.55. The van der Waals surface area contributed by atoms with Gasteiger partial charge in [0.05, 0.1) is 6.10 Å². The number of aliphatic hydroxyl groups excluding tert-OH is 1. The molecule has 1 unspecified atom stereocenters. The van der Waals surface area contributed by atoms with E-state index in [0.29, 0.717) is 18.7 Å². The molecule has 0 aliphatic heterocycles. The van der Waals surface area contributed by atoms with E-state index in [2.05, 4.69) is 5.32 Å². The van der Waals surface area contributed by atoms with Gasteiger partial charge in [-0.3, -0.25) is 4.79 Å². The van der Waals surface area contributed by atoms with Crippen LogP contribution in [0.3, 0.4) is 0 Å². The summed E-state index contributed by atoms with van der Waals surface area (Å²) in [5, 5.41) is 12.3. The number of hydrogen-bond acceptors (Lipinski definition) is 3. The molecule has 22 heavy (non-hydrogen) atoms. The van der Waals surface area contributed by atoms with Gasteiger partial charge in [0.1, 0.15) is 11.6 Å². The molecule has 1 amide bonds. The van der Waals surface area contributed by atoms with Crippen molar-refractivity contribution in [3.63, 3.8) is 0 Å². The largest absolute Gasteiger partial charge is 0.478 e. The number of aliphatic hydroxyl groups is 1. The van der Waals surface area contributed by atoms with Crippen molar-refractivity contribution in [2.75, 3.05) is 6.54 Å². The van der Waals surface area contributed by atoms with Gasteiger partial charge in [-0.2, -0.15) is 0 Å². The summed E-state index contributed by atoms with van der Waals surface area (Å²) in [6.45, 7) is 9.44. The first-order chi connectivity index (χ1) is 10.0. The van der Waals surface area contributed by atoms with E-state index < -0.39 is 11.7 Å². The van der Waals surface area contributed by atoms with Crippen molar-refractivity contribution >= 4 is 5.91 Å². The lowest BCUT2D eigenvalue weighted by atomic mass is 9.87. The fraction of sp³-hybridized carbons (Fsp3) is 0.588. The molecule has 0 bridgehead atoms. The predicted molar refractivity (Wildman–Crippen MR) is 84.2 cm³/mol. The molecule has 1 aromatic rings. The average molecular weight is 311 g/mol. The van der Waals surface area contributed by atoms with Gasteiger partial charge in [-0.25, -0.2) is 4.39 Å². The molecular formula is C17H26FNO3. The molecule has 1 rings (SSSR count). The Morgan fingerprint density at radius 3 is 2.32 bits per heavy atom. The maximum Gasteiger partial charge on any atom is 0.263 e. The number of amides is 1. The monoisotopic (exact) mass is 311 g/mol. The van der Waals surface area contributed by atoms with E-state index in [-0.39, 0.29) is 17.1 Å². The average Bonchev–Trinajstić information content (AvgIpc) is 2.37. The van der Waals surface area contributed by atoms with Crippen LogP contribution in [0, 0.1) is 11.2 Å². The molecule has 1 atom stereocenters. The maximum absolute atomic E-state index is 12.9. The number of carbonyl (C=O) groups is 1. The first-order valence-electron chi connectivity index (χ1n) is 7.43. The van der Waals surface area contributed by atoms with Gasteiger partial charge in [-0.05, 0) is 56.9 Å². The highest BCUT2D eigenvalue weighted by Gasteiger charge is 2.31. The SMILES string of the molecule is CC(O)CC(C)(C)CNC(=O)C(C)(C)Oc1ccc(F)cc1. The van der Waals surface area contributed by atoms with Crippen LogP contribution in [0.4, 0.5) is 4.39 Å². The smallest absolute Gasteiger partial charge is 0.263 e. The molecule has 0 saturated carbocycles. The number of ether oxygens (including phenoxy) is 1. The maximum atomic E-state index is 12.9. The van der Waals surface area contributed by atoms with Gasteiger partial charge in [-0.15, -0.1) is 0 Å². The van der Waals surface area contributed by atoms with Crippen molar-refractivity contribution < 1.29 is 19.0 Å². The number of benzene rings is 1. The Hall–Kier alpha value is -1.62. The lowest BCUT2D eigenvalue weighted by Crippen LogP contribution is -2.49. The molecule has 0 aliphatic rings. The molecule has 0 radical (unpaired) electrons. The third-order valence-electron chi connectivity index (χ3n) is 3.31. The fourth-order valence-electron chi connectivity index (χ4n) is 2.25. The number of nitrogens with one attached hydrogen (secondary N) is 1. The van der Waals surface area contributed by atoms with Crippen molar-refractivity contribution in [1.82, 2.24) is 5.32 Å². The summed E-state index contributed by atoms with van der Waals surface area (Å²) >= 11 is 0. The standard InChI is InChI=1S/C17H26FNO3/c1-12(20)10-16(2,3)11-19-15(21)17(4,5)22-14-8-6-13(18)7-9-14/h6-9,12,20H,10-11H2,1-5H3,(H,19,21). The second kappa shape index (κ2) is 7.09. The molecule has 0 fully saturated rings. The van der Waals surface area contributed by atoms with Crippen LogP contribution < -0.4 is 10.1 Å². The second-order valence-corrected chi connectivity index (χ2v) is 6.97. The van der Waals surface area contributed by atoms with E-state index >= 15 is 0 Å². The number of rotatable bonds is 7. The van der Waals surface area contributed by atoms with E-state index in [4.69, 9.17) is 4.74 Å². The quantitative estimate of drug-likeness (QED) is 0.814. The summed E-state index contributed by atoms with van der Waals surface area (Å²) < 4.78 is 18.5. The third-order valence-corrected chi connectivity index (χ3v) is 3.31. The molecule has 0 heterocycles. The topological polar surface area (TPSA) is 58.6 Å². The van der Waals surface area contributed by atoms with Crippen molar-refractivity contribution in [3.05, 3.63) is 30.1 Å². The van der Waals surface area contributed by atoms with Gasteiger partial charge >= 0.3 is 0 Å². The Balaban J connectivity index is 2.61. The van der Waals surface area contributed by atoms with Crippen molar-refractivity contribution in [3.8, 4) is 5.75 Å². The van der Waals surface area contributed by atoms with Crippen LogP contribution in [0.25, 0.3) is 0 Å². The molecule has 0 saturated heterocycles. The van der Waals surface area contributed by atoms with Crippen LogP contribution in [-0.4, -0.2) is 29.3 Å². The van der Waals surface area contributed by atoms with E-state index in [1.807, 2.05) is 13.8 Å². The number of carbonyl (C=O) groups excluding carboxylic acids is 1. The first-order valence-corrected chi connectivity index (χ1v) is 7.43. The molecule has 2 N–H and O–H groups in total. The normalized spacial score (nSPS) is 13.6. The summed E-state index contributed by atoms with van der Waals surface area (Å²) in [6.07, 6.45) is 0.169. The van der Waals surface area contributed by atoms with E-state index in [9.17, 15) is 14.3 Å². The molecular weight excluding hydrogens is 285 g/mol. The van der Waals surface area contributed by atoms with Crippen LogP contribution in [0.5, 0.6) is 5.75 Å². The van der Waals surface area contributed by atoms with E-state index in [1.54, 1.807) is 20.8 Å². The van der Waals surface area contributed by atoms with Crippen LogP contribution in [0.2, 0.25) is 0 Å². The minimum atomic E-state index is -1.07. The van der Waals surface area contributed by atoms with Gasteiger partial charge < -0.3 is 15.2 Å². The highest BCUT2D eigenvalue weighted by atomic mass is 19.1. The molecule has 0 aromatic heterocycles. The fourth-order valence-corrected chi connectivity index (χ4v) is 2.25.